The highest BCUT2D eigenvalue weighted by Gasteiger charge is 2.42. The van der Waals surface area contributed by atoms with Crippen LogP contribution in [0, 0.1) is 0 Å². The smallest absolute Gasteiger partial charge is 0.413 e. The summed E-state index contributed by atoms with van der Waals surface area (Å²) >= 11 is 0. The summed E-state index contributed by atoms with van der Waals surface area (Å²) < 4.78 is 10.8. The third-order valence-corrected chi connectivity index (χ3v) is 4.05. The molecule has 122 valence electrons. The summed E-state index contributed by atoms with van der Waals surface area (Å²) in [5.41, 5.74) is 1.11. The Morgan fingerprint density at radius 1 is 1.35 bits per heavy atom. The first-order valence-electron chi connectivity index (χ1n) is 7.70. The van der Waals surface area contributed by atoms with E-state index in [-0.39, 0.29) is 18.2 Å². The molecule has 2 aliphatic rings. The van der Waals surface area contributed by atoms with E-state index in [0.717, 1.165) is 5.56 Å². The van der Waals surface area contributed by atoms with Crippen LogP contribution in [0.2, 0.25) is 0 Å². The lowest BCUT2D eigenvalue weighted by Gasteiger charge is -2.40. The van der Waals surface area contributed by atoms with Crippen LogP contribution in [0.4, 0.5) is 4.79 Å². The van der Waals surface area contributed by atoms with Crippen molar-refractivity contribution in [2.45, 2.75) is 38.0 Å². The van der Waals surface area contributed by atoms with Crippen LogP contribution in [-0.4, -0.2) is 42.3 Å². The first kappa shape index (κ1) is 15.4. The van der Waals surface area contributed by atoms with E-state index in [4.69, 9.17) is 14.3 Å². The SMILES string of the molecule is CC[C@H]1[C@@H]2ON=C(Cc3ccccc3)OC2C=CN1C(=O)OC. The molecule has 1 aromatic rings. The summed E-state index contributed by atoms with van der Waals surface area (Å²) in [7, 11) is 1.36. The summed E-state index contributed by atoms with van der Waals surface area (Å²) in [5.74, 6) is 0.545. The molecular formula is C17H20N2O4. The number of ether oxygens (including phenoxy) is 2. The molecule has 0 N–H and O–H groups in total. The van der Waals surface area contributed by atoms with Crippen LogP contribution in [-0.2, 0) is 20.7 Å². The number of hydrogen-bond acceptors (Lipinski definition) is 5. The van der Waals surface area contributed by atoms with E-state index in [9.17, 15) is 4.79 Å². The Bertz CT molecular complexity index is 614. The lowest BCUT2D eigenvalue weighted by atomic mass is 9.98. The van der Waals surface area contributed by atoms with Gasteiger partial charge in [-0.05, 0) is 18.1 Å². The van der Waals surface area contributed by atoms with Crippen molar-refractivity contribution in [2.24, 2.45) is 5.16 Å². The molecule has 0 fully saturated rings. The van der Waals surface area contributed by atoms with Crippen molar-refractivity contribution in [1.82, 2.24) is 4.90 Å². The zero-order chi connectivity index (χ0) is 16.2. The van der Waals surface area contributed by atoms with Gasteiger partial charge in [-0.1, -0.05) is 42.4 Å². The van der Waals surface area contributed by atoms with Gasteiger partial charge in [0.1, 0.15) is 0 Å². The van der Waals surface area contributed by atoms with Gasteiger partial charge in [0.05, 0.1) is 19.6 Å². The molecule has 1 unspecified atom stereocenters. The van der Waals surface area contributed by atoms with Crippen LogP contribution < -0.4 is 0 Å². The molecule has 23 heavy (non-hydrogen) atoms. The van der Waals surface area contributed by atoms with E-state index in [1.54, 1.807) is 6.20 Å². The van der Waals surface area contributed by atoms with E-state index in [1.165, 1.54) is 12.0 Å². The van der Waals surface area contributed by atoms with Crippen LogP contribution in [0.5, 0.6) is 0 Å². The second-order valence-electron chi connectivity index (χ2n) is 5.49. The summed E-state index contributed by atoms with van der Waals surface area (Å²) in [6.45, 7) is 1.99. The number of hydrogen-bond donors (Lipinski definition) is 0. The summed E-state index contributed by atoms with van der Waals surface area (Å²) in [5, 5.41) is 4.11. The molecule has 0 saturated carbocycles. The van der Waals surface area contributed by atoms with E-state index in [0.29, 0.717) is 18.7 Å². The zero-order valence-corrected chi connectivity index (χ0v) is 13.2. The lowest BCUT2D eigenvalue weighted by Crippen LogP contribution is -2.54. The van der Waals surface area contributed by atoms with Crippen LogP contribution in [0.25, 0.3) is 0 Å². The summed E-state index contributed by atoms with van der Waals surface area (Å²) in [4.78, 5) is 19.0. The maximum Gasteiger partial charge on any atom is 0.413 e. The minimum Gasteiger partial charge on any atom is -0.467 e. The predicted molar refractivity (Wildman–Crippen MR) is 84.8 cm³/mol. The molecule has 6 heteroatoms. The molecule has 0 bridgehead atoms. The maximum absolute atomic E-state index is 11.8. The first-order valence-corrected chi connectivity index (χ1v) is 7.70. The van der Waals surface area contributed by atoms with Gasteiger partial charge in [-0.25, -0.2) is 4.79 Å². The van der Waals surface area contributed by atoms with Crippen LogP contribution in [0.3, 0.4) is 0 Å². The minimum absolute atomic E-state index is 0.167. The fourth-order valence-electron chi connectivity index (χ4n) is 2.88. The minimum atomic E-state index is -0.408. The number of fused-ring (bicyclic) bond motifs is 1. The summed E-state index contributed by atoms with van der Waals surface area (Å²) in [6, 6.07) is 9.79. The van der Waals surface area contributed by atoms with Gasteiger partial charge in [0.25, 0.3) is 0 Å². The van der Waals surface area contributed by atoms with Gasteiger partial charge in [-0.3, -0.25) is 4.90 Å². The topological polar surface area (TPSA) is 60.4 Å². The van der Waals surface area contributed by atoms with E-state index in [1.807, 2.05) is 43.3 Å². The Morgan fingerprint density at radius 3 is 2.83 bits per heavy atom. The molecule has 1 aromatic carbocycles. The number of carbonyl (C=O) groups excluding carboxylic acids is 1. The highest BCUT2D eigenvalue weighted by atomic mass is 16.7. The first-order chi connectivity index (χ1) is 11.2. The van der Waals surface area contributed by atoms with Crippen molar-refractivity contribution in [1.29, 1.82) is 0 Å². The molecule has 6 nitrogen and oxygen atoms in total. The Kier molecular flexibility index (Phi) is 4.50. The second-order valence-corrected chi connectivity index (χ2v) is 5.49. The fourth-order valence-corrected chi connectivity index (χ4v) is 2.88. The Morgan fingerprint density at radius 2 is 2.13 bits per heavy atom. The number of amides is 1. The van der Waals surface area contributed by atoms with Crippen LogP contribution >= 0.6 is 0 Å². The maximum atomic E-state index is 11.8. The van der Waals surface area contributed by atoms with Crippen molar-refractivity contribution in [3.8, 4) is 0 Å². The molecular weight excluding hydrogens is 296 g/mol. The number of methoxy groups -OCH3 is 1. The standard InChI is InChI=1S/C17H20N2O4/c1-3-13-16-14(9-10-19(13)17(20)21-2)22-15(18-23-16)11-12-7-5-4-6-8-12/h4-10,13-14,16H,3,11H2,1-2H3/t13-,14?,16-/m0/s1. The molecule has 3 atom stereocenters. The number of benzene rings is 1. The third-order valence-electron chi connectivity index (χ3n) is 4.05. The van der Waals surface area contributed by atoms with Crippen molar-refractivity contribution >= 4 is 12.0 Å². The second kappa shape index (κ2) is 6.73. The average Bonchev–Trinajstić information content (AvgIpc) is 2.60. The molecule has 3 rings (SSSR count). The van der Waals surface area contributed by atoms with E-state index in [2.05, 4.69) is 5.16 Å². The van der Waals surface area contributed by atoms with Gasteiger partial charge in [0.15, 0.2) is 12.2 Å². The molecule has 0 spiro atoms. The Balaban J connectivity index is 1.73. The van der Waals surface area contributed by atoms with Crippen molar-refractivity contribution in [3.05, 3.63) is 48.2 Å². The van der Waals surface area contributed by atoms with E-state index >= 15 is 0 Å². The Labute approximate surface area is 135 Å². The van der Waals surface area contributed by atoms with Gasteiger partial charge in [0, 0.05) is 6.20 Å². The molecule has 2 aliphatic heterocycles. The molecule has 0 saturated heterocycles. The van der Waals surface area contributed by atoms with Gasteiger partial charge in [-0.2, -0.15) is 0 Å². The van der Waals surface area contributed by atoms with Crippen molar-refractivity contribution in [3.63, 3.8) is 0 Å². The van der Waals surface area contributed by atoms with Gasteiger partial charge in [-0.15, -0.1) is 0 Å². The Hall–Kier alpha value is -2.50. The number of rotatable bonds is 3. The molecule has 0 aliphatic carbocycles. The van der Waals surface area contributed by atoms with Gasteiger partial charge >= 0.3 is 6.09 Å². The third kappa shape index (κ3) is 3.16. The van der Waals surface area contributed by atoms with Crippen molar-refractivity contribution < 1.29 is 19.1 Å². The highest BCUT2D eigenvalue weighted by Crippen LogP contribution is 2.27. The number of oxime groups is 1. The van der Waals surface area contributed by atoms with Crippen LogP contribution in [0.15, 0.2) is 47.8 Å². The molecule has 2 heterocycles. The number of nitrogens with zero attached hydrogens (tertiary/aromatic N) is 2. The van der Waals surface area contributed by atoms with E-state index < -0.39 is 6.09 Å². The summed E-state index contributed by atoms with van der Waals surface area (Å²) in [6.07, 6.45) is 3.82. The monoisotopic (exact) mass is 316 g/mol. The largest absolute Gasteiger partial charge is 0.467 e. The molecule has 1 amide bonds. The predicted octanol–water partition coefficient (Wildman–Crippen LogP) is 2.70. The fraction of sp³-hybridized carbons (Fsp3) is 0.412. The normalized spacial score (nSPS) is 25.7. The lowest BCUT2D eigenvalue weighted by molar-refractivity contribution is -0.0848. The average molecular weight is 316 g/mol. The van der Waals surface area contributed by atoms with Crippen molar-refractivity contribution in [2.75, 3.05) is 7.11 Å². The molecule has 0 radical (unpaired) electrons. The van der Waals surface area contributed by atoms with Crippen LogP contribution in [0.1, 0.15) is 18.9 Å². The highest BCUT2D eigenvalue weighted by molar-refractivity contribution is 5.79. The van der Waals surface area contributed by atoms with Gasteiger partial charge < -0.3 is 14.3 Å². The van der Waals surface area contributed by atoms with Gasteiger partial charge in [0.2, 0.25) is 5.90 Å². The number of carbonyl (C=O) groups is 1. The zero-order valence-electron chi connectivity index (χ0n) is 13.2. The quantitative estimate of drug-likeness (QED) is 0.860. The molecule has 0 aromatic heterocycles.